The minimum Gasteiger partial charge on any atom is -0.369 e. The summed E-state index contributed by atoms with van der Waals surface area (Å²) in [6, 6.07) is 6.26. The number of nitrogens with zero attached hydrogens (tertiary/aromatic N) is 1. The molecule has 2 aliphatic rings. The smallest absolute Gasteiger partial charge is 0.241 e. The second-order valence-electron chi connectivity index (χ2n) is 6.50. The van der Waals surface area contributed by atoms with E-state index in [9.17, 15) is 17.6 Å². The molecule has 1 unspecified atom stereocenters. The lowest BCUT2D eigenvalue weighted by atomic mass is 10.0. The Morgan fingerprint density at radius 2 is 2.13 bits per heavy atom. The Labute approximate surface area is 135 Å². The second-order valence-corrected chi connectivity index (χ2v) is 8.83. The van der Waals surface area contributed by atoms with E-state index in [-0.39, 0.29) is 17.8 Å². The van der Waals surface area contributed by atoms with Crippen LogP contribution in [0.2, 0.25) is 0 Å². The van der Waals surface area contributed by atoms with Crippen molar-refractivity contribution in [3.63, 3.8) is 0 Å². The molecule has 0 aromatic heterocycles. The number of piperidine rings is 1. The van der Waals surface area contributed by atoms with Crippen molar-refractivity contribution in [1.82, 2.24) is 5.32 Å². The molecule has 2 fully saturated rings. The van der Waals surface area contributed by atoms with E-state index in [4.69, 9.17) is 0 Å². The zero-order valence-electron chi connectivity index (χ0n) is 13.1. The molecule has 1 aliphatic heterocycles. The maximum Gasteiger partial charge on any atom is 0.241 e. The normalized spacial score (nSPS) is 23.4. The highest BCUT2D eigenvalue weighted by atomic mass is 32.2. The number of anilines is 1. The highest BCUT2D eigenvalue weighted by Gasteiger charge is 2.58. The van der Waals surface area contributed by atoms with Gasteiger partial charge in [0.2, 0.25) is 5.91 Å². The van der Waals surface area contributed by atoms with Gasteiger partial charge in [0.1, 0.15) is 5.82 Å². The molecule has 1 N–H and O–H groups in total. The lowest BCUT2D eigenvalue weighted by molar-refractivity contribution is -0.122. The number of carbonyl (C=O) groups excluding carboxylic acids is 1. The van der Waals surface area contributed by atoms with E-state index in [2.05, 4.69) is 5.32 Å². The van der Waals surface area contributed by atoms with E-state index in [1.54, 1.807) is 6.07 Å². The quantitative estimate of drug-likeness (QED) is 0.902. The van der Waals surface area contributed by atoms with Crippen LogP contribution in [0.25, 0.3) is 0 Å². The van der Waals surface area contributed by atoms with E-state index in [1.165, 1.54) is 12.1 Å². The van der Waals surface area contributed by atoms with Crippen LogP contribution in [-0.4, -0.2) is 44.5 Å². The molecule has 5 nitrogen and oxygen atoms in total. The minimum absolute atomic E-state index is 0.112. The third-order valence-electron chi connectivity index (χ3n) is 4.76. The fourth-order valence-electron chi connectivity index (χ4n) is 3.20. The van der Waals surface area contributed by atoms with Crippen molar-refractivity contribution < 1.29 is 17.6 Å². The van der Waals surface area contributed by atoms with Gasteiger partial charge in [0.15, 0.2) is 14.6 Å². The van der Waals surface area contributed by atoms with Crippen LogP contribution >= 0.6 is 0 Å². The molecule has 1 aliphatic carbocycles. The Balaban J connectivity index is 1.67. The summed E-state index contributed by atoms with van der Waals surface area (Å²) < 4.78 is 35.8. The molecule has 1 aromatic rings. The van der Waals surface area contributed by atoms with Gasteiger partial charge >= 0.3 is 0 Å². The zero-order chi connectivity index (χ0) is 16.7. The standard InChI is InChI=1S/C16H21FN2O3S/c1-23(21,22)16(7-8-16)15(20)18-13-5-3-9-19(11-13)14-6-2-4-12(17)10-14/h2,4,6,10,13H,3,5,7-9,11H2,1H3,(H,18,20). The molecule has 0 radical (unpaired) electrons. The first-order valence-electron chi connectivity index (χ1n) is 7.83. The van der Waals surface area contributed by atoms with E-state index < -0.39 is 14.6 Å². The van der Waals surface area contributed by atoms with Gasteiger partial charge in [-0.25, -0.2) is 12.8 Å². The lowest BCUT2D eigenvalue weighted by Gasteiger charge is -2.35. The largest absolute Gasteiger partial charge is 0.369 e. The van der Waals surface area contributed by atoms with Gasteiger partial charge in [0, 0.05) is 31.1 Å². The van der Waals surface area contributed by atoms with Crippen molar-refractivity contribution in [1.29, 1.82) is 0 Å². The van der Waals surface area contributed by atoms with Crippen molar-refractivity contribution in [3.8, 4) is 0 Å². The molecular formula is C16H21FN2O3S. The van der Waals surface area contributed by atoms with Gasteiger partial charge in [-0.1, -0.05) is 6.07 Å². The van der Waals surface area contributed by atoms with Gasteiger partial charge in [-0.15, -0.1) is 0 Å². The van der Waals surface area contributed by atoms with Gasteiger partial charge in [0.05, 0.1) is 0 Å². The number of carbonyl (C=O) groups is 1. The van der Waals surface area contributed by atoms with Gasteiger partial charge in [-0.2, -0.15) is 0 Å². The summed E-state index contributed by atoms with van der Waals surface area (Å²) in [7, 11) is -3.39. The van der Waals surface area contributed by atoms with Crippen molar-refractivity contribution in [2.45, 2.75) is 36.5 Å². The van der Waals surface area contributed by atoms with Gasteiger partial charge in [0.25, 0.3) is 0 Å². The molecule has 7 heteroatoms. The summed E-state index contributed by atoms with van der Waals surface area (Å²) in [5.74, 6) is -0.672. The van der Waals surface area contributed by atoms with Crippen LogP contribution in [0.3, 0.4) is 0 Å². The number of rotatable bonds is 4. The first-order valence-corrected chi connectivity index (χ1v) is 9.72. The number of amides is 1. The molecule has 1 aromatic carbocycles. The summed E-state index contributed by atoms with van der Waals surface area (Å²) in [5.41, 5.74) is 0.785. The molecule has 1 saturated carbocycles. The van der Waals surface area contributed by atoms with Crippen molar-refractivity contribution in [2.24, 2.45) is 0 Å². The van der Waals surface area contributed by atoms with Crippen LogP contribution in [0.15, 0.2) is 24.3 Å². The van der Waals surface area contributed by atoms with E-state index in [0.29, 0.717) is 19.4 Å². The third kappa shape index (κ3) is 3.20. The highest BCUT2D eigenvalue weighted by molar-refractivity contribution is 7.93. The fourth-order valence-corrected chi connectivity index (χ4v) is 4.44. The van der Waals surface area contributed by atoms with Crippen LogP contribution in [0.5, 0.6) is 0 Å². The van der Waals surface area contributed by atoms with Gasteiger partial charge < -0.3 is 10.2 Å². The van der Waals surface area contributed by atoms with Crippen molar-refractivity contribution in [3.05, 3.63) is 30.1 Å². The Hall–Kier alpha value is -1.63. The molecule has 1 amide bonds. The van der Waals surface area contributed by atoms with Crippen LogP contribution in [0.4, 0.5) is 10.1 Å². The molecular weight excluding hydrogens is 319 g/mol. The molecule has 126 valence electrons. The molecule has 0 spiro atoms. The first kappa shape index (κ1) is 16.2. The maximum atomic E-state index is 13.4. The van der Waals surface area contributed by atoms with Gasteiger partial charge in [-0.3, -0.25) is 4.79 Å². The van der Waals surface area contributed by atoms with Crippen LogP contribution in [0.1, 0.15) is 25.7 Å². The highest BCUT2D eigenvalue weighted by Crippen LogP contribution is 2.43. The number of nitrogens with one attached hydrogen (secondary N) is 1. The number of sulfone groups is 1. The van der Waals surface area contributed by atoms with Crippen LogP contribution < -0.4 is 10.2 Å². The number of hydrogen-bond acceptors (Lipinski definition) is 4. The monoisotopic (exact) mass is 340 g/mol. The Bertz CT molecular complexity index is 716. The molecule has 1 heterocycles. The molecule has 0 bridgehead atoms. The van der Waals surface area contributed by atoms with E-state index in [1.807, 2.05) is 11.0 Å². The summed E-state index contributed by atoms with van der Waals surface area (Å²) in [6.45, 7) is 1.36. The van der Waals surface area contributed by atoms with Crippen LogP contribution in [0, 0.1) is 5.82 Å². The van der Waals surface area contributed by atoms with Crippen molar-refractivity contribution >= 4 is 21.4 Å². The van der Waals surface area contributed by atoms with E-state index in [0.717, 1.165) is 31.3 Å². The number of benzene rings is 1. The SMILES string of the molecule is CS(=O)(=O)C1(C(=O)NC2CCCN(c3cccc(F)c3)C2)CC1. The summed E-state index contributed by atoms with van der Waals surface area (Å²) >= 11 is 0. The lowest BCUT2D eigenvalue weighted by Crippen LogP contribution is -2.52. The third-order valence-corrected chi connectivity index (χ3v) is 6.77. The Kier molecular flexibility index (Phi) is 4.08. The summed E-state index contributed by atoms with van der Waals surface area (Å²) in [6.07, 6.45) is 3.60. The molecule has 23 heavy (non-hydrogen) atoms. The topological polar surface area (TPSA) is 66.5 Å². The Morgan fingerprint density at radius 3 is 2.74 bits per heavy atom. The van der Waals surface area contributed by atoms with Crippen LogP contribution in [-0.2, 0) is 14.6 Å². The summed E-state index contributed by atoms with van der Waals surface area (Å²) in [4.78, 5) is 14.4. The fraction of sp³-hybridized carbons (Fsp3) is 0.562. The maximum absolute atomic E-state index is 13.4. The number of halogens is 1. The number of hydrogen-bond donors (Lipinski definition) is 1. The summed E-state index contributed by atoms with van der Waals surface area (Å²) in [5, 5.41) is 2.89. The first-order chi connectivity index (χ1) is 10.8. The average Bonchev–Trinajstić information content (AvgIpc) is 3.29. The molecule has 1 atom stereocenters. The second kappa shape index (κ2) is 5.78. The van der Waals surface area contributed by atoms with E-state index >= 15 is 0 Å². The molecule has 1 saturated heterocycles. The zero-order valence-corrected chi connectivity index (χ0v) is 13.9. The van der Waals surface area contributed by atoms with Gasteiger partial charge in [-0.05, 0) is 43.9 Å². The minimum atomic E-state index is -3.39. The average molecular weight is 340 g/mol. The van der Waals surface area contributed by atoms with Crippen molar-refractivity contribution in [2.75, 3.05) is 24.2 Å². The molecule has 3 rings (SSSR count). The predicted molar refractivity (Wildman–Crippen MR) is 86.6 cm³/mol. The Morgan fingerprint density at radius 1 is 1.39 bits per heavy atom. The predicted octanol–water partition coefficient (Wildman–Crippen LogP) is 1.49.